The van der Waals surface area contributed by atoms with Crippen LogP contribution in [0, 0.1) is 6.92 Å². The Labute approximate surface area is 151 Å². The number of rotatable bonds is 5. The SMILES string of the molecule is CC(=O)c1cccc(Nc2nccc(C(=O)Nc3ccc(C)cc3)n2)c1. The standard InChI is InChI=1S/C20H18N4O2/c1-13-6-8-16(9-7-13)22-19(26)18-10-11-21-20(24-18)23-17-5-3-4-15(12-17)14(2)25/h3-12H,1-2H3,(H,22,26)(H,21,23,24). The lowest BCUT2D eigenvalue weighted by Gasteiger charge is -2.08. The van der Waals surface area contributed by atoms with Crippen LogP contribution in [0.4, 0.5) is 17.3 Å². The molecule has 0 atom stereocenters. The first kappa shape index (κ1) is 17.3. The van der Waals surface area contributed by atoms with Crippen LogP contribution >= 0.6 is 0 Å². The summed E-state index contributed by atoms with van der Waals surface area (Å²) in [7, 11) is 0. The van der Waals surface area contributed by atoms with Gasteiger partial charge in [0, 0.05) is 23.1 Å². The second-order valence-corrected chi connectivity index (χ2v) is 5.85. The molecule has 0 saturated heterocycles. The minimum absolute atomic E-state index is 0.0270. The van der Waals surface area contributed by atoms with Crippen LogP contribution in [-0.4, -0.2) is 21.7 Å². The number of hydrogen-bond donors (Lipinski definition) is 2. The van der Waals surface area contributed by atoms with Gasteiger partial charge in [0.25, 0.3) is 5.91 Å². The highest BCUT2D eigenvalue weighted by Crippen LogP contribution is 2.16. The summed E-state index contributed by atoms with van der Waals surface area (Å²) in [5, 5.41) is 5.81. The third-order valence-corrected chi connectivity index (χ3v) is 3.72. The lowest BCUT2D eigenvalue weighted by atomic mass is 10.1. The molecule has 0 fully saturated rings. The zero-order chi connectivity index (χ0) is 18.5. The highest BCUT2D eigenvalue weighted by Gasteiger charge is 2.10. The van der Waals surface area contributed by atoms with Gasteiger partial charge in [0.15, 0.2) is 5.78 Å². The fourth-order valence-corrected chi connectivity index (χ4v) is 2.32. The van der Waals surface area contributed by atoms with Gasteiger partial charge in [0.1, 0.15) is 5.69 Å². The van der Waals surface area contributed by atoms with Gasteiger partial charge in [-0.25, -0.2) is 9.97 Å². The highest BCUT2D eigenvalue weighted by atomic mass is 16.2. The van der Waals surface area contributed by atoms with E-state index in [1.54, 1.807) is 30.3 Å². The van der Waals surface area contributed by atoms with Crippen molar-refractivity contribution >= 4 is 29.0 Å². The summed E-state index contributed by atoms with van der Waals surface area (Å²) in [5.74, 6) is -0.0696. The molecule has 1 heterocycles. The van der Waals surface area contributed by atoms with E-state index < -0.39 is 0 Å². The number of aryl methyl sites for hydroxylation is 1. The van der Waals surface area contributed by atoms with Crippen molar-refractivity contribution in [2.24, 2.45) is 0 Å². The van der Waals surface area contributed by atoms with Gasteiger partial charge in [0.05, 0.1) is 0 Å². The molecule has 6 heteroatoms. The number of nitrogens with zero attached hydrogens (tertiary/aromatic N) is 2. The average molecular weight is 346 g/mol. The van der Waals surface area contributed by atoms with Crippen molar-refractivity contribution in [3.05, 3.63) is 77.6 Å². The Balaban J connectivity index is 1.75. The molecule has 130 valence electrons. The van der Waals surface area contributed by atoms with Crippen LogP contribution in [0.1, 0.15) is 33.3 Å². The van der Waals surface area contributed by atoms with Crippen LogP contribution in [0.2, 0.25) is 0 Å². The van der Waals surface area contributed by atoms with E-state index in [4.69, 9.17) is 0 Å². The van der Waals surface area contributed by atoms with Crippen LogP contribution in [0.5, 0.6) is 0 Å². The van der Waals surface area contributed by atoms with E-state index in [0.29, 0.717) is 16.9 Å². The first-order valence-electron chi connectivity index (χ1n) is 8.10. The van der Waals surface area contributed by atoms with E-state index in [1.165, 1.54) is 13.1 Å². The van der Waals surface area contributed by atoms with Gasteiger partial charge in [0.2, 0.25) is 5.95 Å². The smallest absolute Gasteiger partial charge is 0.274 e. The maximum absolute atomic E-state index is 12.4. The predicted octanol–water partition coefficient (Wildman–Crippen LogP) is 3.98. The summed E-state index contributed by atoms with van der Waals surface area (Å²) in [6.07, 6.45) is 1.51. The number of carbonyl (C=O) groups excluding carboxylic acids is 2. The normalized spacial score (nSPS) is 10.2. The van der Waals surface area contributed by atoms with Crippen molar-refractivity contribution in [3.63, 3.8) is 0 Å². The molecule has 0 radical (unpaired) electrons. The fourth-order valence-electron chi connectivity index (χ4n) is 2.32. The summed E-state index contributed by atoms with van der Waals surface area (Å²) in [4.78, 5) is 32.2. The quantitative estimate of drug-likeness (QED) is 0.683. The number of hydrogen-bond acceptors (Lipinski definition) is 5. The van der Waals surface area contributed by atoms with Gasteiger partial charge in [-0.1, -0.05) is 29.8 Å². The molecule has 3 aromatic rings. The van der Waals surface area contributed by atoms with E-state index in [1.807, 2.05) is 31.2 Å². The van der Waals surface area contributed by atoms with Gasteiger partial charge in [-0.05, 0) is 44.2 Å². The van der Waals surface area contributed by atoms with E-state index in [2.05, 4.69) is 20.6 Å². The maximum Gasteiger partial charge on any atom is 0.274 e. The molecule has 3 rings (SSSR count). The van der Waals surface area contributed by atoms with Crippen LogP contribution < -0.4 is 10.6 Å². The lowest BCUT2D eigenvalue weighted by Crippen LogP contribution is -2.14. The number of benzene rings is 2. The summed E-state index contributed by atoms with van der Waals surface area (Å²) < 4.78 is 0. The monoisotopic (exact) mass is 346 g/mol. The third-order valence-electron chi connectivity index (χ3n) is 3.72. The van der Waals surface area contributed by atoms with Crippen molar-refractivity contribution < 1.29 is 9.59 Å². The zero-order valence-corrected chi connectivity index (χ0v) is 14.5. The summed E-state index contributed by atoms with van der Waals surface area (Å²) in [5.41, 5.74) is 3.31. The van der Waals surface area contributed by atoms with Crippen molar-refractivity contribution in [2.45, 2.75) is 13.8 Å². The lowest BCUT2D eigenvalue weighted by molar-refractivity contribution is 0.101. The van der Waals surface area contributed by atoms with E-state index in [-0.39, 0.29) is 23.3 Å². The van der Waals surface area contributed by atoms with Gasteiger partial charge in [-0.2, -0.15) is 0 Å². The Morgan fingerprint density at radius 2 is 1.73 bits per heavy atom. The number of carbonyl (C=O) groups is 2. The Morgan fingerprint density at radius 1 is 0.962 bits per heavy atom. The first-order valence-corrected chi connectivity index (χ1v) is 8.10. The summed E-state index contributed by atoms with van der Waals surface area (Å²) >= 11 is 0. The highest BCUT2D eigenvalue weighted by molar-refractivity contribution is 6.03. The molecule has 0 aliphatic heterocycles. The summed E-state index contributed by atoms with van der Waals surface area (Å²) in [6.45, 7) is 3.49. The molecule has 2 aromatic carbocycles. The molecule has 2 N–H and O–H groups in total. The first-order chi connectivity index (χ1) is 12.5. The minimum atomic E-state index is -0.322. The van der Waals surface area contributed by atoms with E-state index in [9.17, 15) is 9.59 Å². The number of amides is 1. The topological polar surface area (TPSA) is 84.0 Å². The minimum Gasteiger partial charge on any atom is -0.324 e. The Morgan fingerprint density at radius 3 is 2.46 bits per heavy atom. The predicted molar refractivity (Wildman–Crippen MR) is 101 cm³/mol. The second-order valence-electron chi connectivity index (χ2n) is 5.85. The number of nitrogens with one attached hydrogen (secondary N) is 2. The molecular formula is C20H18N4O2. The van der Waals surface area contributed by atoms with E-state index in [0.717, 1.165) is 5.56 Å². The summed E-state index contributed by atoms with van der Waals surface area (Å²) in [6, 6.07) is 16.1. The molecule has 0 saturated carbocycles. The van der Waals surface area contributed by atoms with Gasteiger partial charge in [-0.3, -0.25) is 9.59 Å². The van der Waals surface area contributed by atoms with Crippen molar-refractivity contribution in [1.82, 2.24) is 9.97 Å². The largest absolute Gasteiger partial charge is 0.324 e. The van der Waals surface area contributed by atoms with Crippen molar-refractivity contribution in [1.29, 1.82) is 0 Å². The molecule has 1 aromatic heterocycles. The molecule has 26 heavy (non-hydrogen) atoms. The van der Waals surface area contributed by atoms with Gasteiger partial charge < -0.3 is 10.6 Å². The molecular weight excluding hydrogens is 328 g/mol. The molecule has 0 bridgehead atoms. The second kappa shape index (κ2) is 7.57. The maximum atomic E-state index is 12.4. The third kappa shape index (κ3) is 4.30. The van der Waals surface area contributed by atoms with Crippen LogP contribution in [0.15, 0.2) is 60.8 Å². The Bertz CT molecular complexity index is 952. The van der Waals surface area contributed by atoms with E-state index >= 15 is 0 Å². The molecule has 0 aliphatic carbocycles. The number of Topliss-reactive ketones (excluding diaryl/α,β-unsaturated/α-hetero) is 1. The Hall–Kier alpha value is -3.54. The fraction of sp³-hybridized carbons (Fsp3) is 0.100. The number of aromatic nitrogens is 2. The molecule has 1 amide bonds. The molecule has 0 spiro atoms. The van der Waals surface area contributed by atoms with Crippen molar-refractivity contribution in [2.75, 3.05) is 10.6 Å². The number of ketones is 1. The molecule has 6 nitrogen and oxygen atoms in total. The Kier molecular flexibility index (Phi) is 5.03. The molecule has 0 aliphatic rings. The van der Waals surface area contributed by atoms with Gasteiger partial charge >= 0.3 is 0 Å². The van der Waals surface area contributed by atoms with Crippen LogP contribution in [0.25, 0.3) is 0 Å². The number of anilines is 3. The average Bonchev–Trinajstić information content (AvgIpc) is 2.64. The van der Waals surface area contributed by atoms with Crippen LogP contribution in [0.3, 0.4) is 0 Å². The van der Waals surface area contributed by atoms with Gasteiger partial charge in [-0.15, -0.1) is 0 Å². The van der Waals surface area contributed by atoms with Crippen molar-refractivity contribution in [3.8, 4) is 0 Å². The van der Waals surface area contributed by atoms with Crippen LogP contribution in [-0.2, 0) is 0 Å². The molecule has 0 unspecified atom stereocenters. The zero-order valence-electron chi connectivity index (χ0n) is 14.5.